The molecule has 0 fully saturated rings. The molecular formula is C21H17N3. The van der Waals surface area contributed by atoms with Crippen molar-refractivity contribution in [3.8, 4) is 0 Å². The van der Waals surface area contributed by atoms with Gasteiger partial charge in [-0.1, -0.05) is 65.9 Å². The van der Waals surface area contributed by atoms with E-state index < -0.39 is 0 Å². The molecule has 1 heterocycles. The third-order valence-electron chi connectivity index (χ3n) is 4.98. The number of benzene rings is 3. The summed E-state index contributed by atoms with van der Waals surface area (Å²) in [6.45, 7) is 0. The van der Waals surface area contributed by atoms with Gasteiger partial charge in [0.25, 0.3) is 0 Å². The highest BCUT2D eigenvalue weighted by Gasteiger charge is 2.26. The summed E-state index contributed by atoms with van der Waals surface area (Å²) in [5.41, 5.74) is 7.48. The third-order valence-corrected chi connectivity index (χ3v) is 4.98. The Labute approximate surface area is 140 Å². The van der Waals surface area contributed by atoms with E-state index in [2.05, 4.69) is 75.7 Å². The van der Waals surface area contributed by atoms with Crippen LogP contribution in [-0.2, 0) is 12.8 Å². The SMILES string of the molecule is c1ccc2c(c1)CCc1ccccc1C2n1nnc2ccccc21. The van der Waals surface area contributed by atoms with Gasteiger partial charge in [-0.15, -0.1) is 5.10 Å². The molecular weight excluding hydrogens is 294 g/mol. The van der Waals surface area contributed by atoms with Crippen molar-refractivity contribution in [2.75, 3.05) is 0 Å². The van der Waals surface area contributed by atoms with Gasteiger partial charge < -0.3 is 0 Å². The number of fused-ring (bicyclic) bond motifs is 3. The first-order valence-electron chi connectivity index (χ1n) is 8.37. The number of aromatic nitrogens is 3. The Kier molecular flexibility index (Phi) is 2.98. The van der Waals surface area contributed by atoms with Crippen molar-refractivity contribution in [1.29, 1.82) is 0 Å². The predicted molar refractivity (Wildman–Crippen MR) is 95.1 cm³/mol. The quantitative estimate of drug-likeness (QED) is 0.528. The van der Waals surface area contributed by atoms with E-state index in [1.165, 1.54) is 22.3 Å². The summed E-state index contributed by atoms with van der Waals surface area (Å²) in [5.74, 6) is 0. The molecule has 1 aromatic heterocycles. The van der Waals surface area contributed by atoms with Crippen LogP contribution < -0.4 is 0 Å². The Morgan fingerprint density at radius 3 is 2.00 bits per heavy atom. The first kappa shape index (κ1) is 13.5. The summed E-state index contributed by atoms with van der Waals surface area (Å²) < 4.78 is 2.08. The van der Waals surface area contributed by atoms with E-state index in [4.69, 9.17) is 0 Å². The molecule has 1 aliphatic rings. The Bertz CT molecular complexity index is 984. The molecule has 0 atom stereocenters. The summed E-state index contributed by atoms with van der Waals surface area (Å²) in [5, 5.41) is 8.91. The number of hydrogen-bond acceptors (Lipinski definition) is 2. The Balaban J connectivity index is 1.83. The lowest BCUT2D eigenvalue weighted by Gasteiger charge is -2.21. The summed E-state index contributed by atoms with van der Waals surface area (Å²) in [4.78, 5) is 0. The van der Waals surface area contributed by atoms with Crippen LogP contribution >= 0.6 is 0 Å². The molecule has 0 amide bonds. The van der Waals surface area contributed by atoms with Crippen LogP contribution in [0.15, 0.2) is 72.8 Å². The van der Waals surface area contributed by atoms with Crippen LogP contribution in [0.4, 0.5) is 0 Å². The molecule has 0 spiro atoms. The molecule has 0 radical (unpaired) electrons. The van der Waals surface area contributed by atoms with Crippen molar-refractivity contribution in [2.24, 2.45) is 0 Å². The summed E-state index contributed by atoms with van der Waals surface area (Å²) >= 11 is 0. The maximum atomic E-state index is 4.53. The van der Waals surface area contributed by atoms with Crippen molar-refractivity contribution in [3.05, 3.63) is 95.1 Å². The summed E-state index contributed by atoms with van der Waals surface area (Å²) in [6.07, 6.45) is 2.13. The van der Waals surface area contributed by atoms with Crippen LogP contribution in [-0.4, -0.2) is 15.0 Å². The molecule has 1 aliphatic carbocycles. The summed E-state index contributed by atoms with van der Waals surface area (Å²) in [6, 6.07) is 25.7. The minimum Gasteiger partial charge on any atom is -0.233 e. The fourth-order valence-corrected chi connectivity index (χ4v) is 3.84. The highest BCUT2D eigenvalue weighted by atomic mass is 15.4. The van der Waals surface area contributed by atoms with Crippen molar-refractivity contribution in [1.82, 2.24) is 15.0 Å². The van der Waals surface area contributed by atoms with E-state index in [0.29, 0.717) is 0 Å². The minimum atomic E-state index is 0.0762. The number of rotatable bonds is 1. The molecule has 4 aromatic rings. The van der Waals surface area contributed by atoms with Gasteiger partial charge in [0.15, 0.2) is 0 Å². The van der Waals surface area contributed by atoms with Crippen LogP contribution in [0.3, 0.4) is 0 Å². The molecule has 3 nitrogen and oxygen atoms in total. The zero-order chi connectivity index (χ0) is 15.9. The topological polar surface area (TPSA) is 30.7 Å². The maximum Gasteiger partial charge on any atom is 0.113 e. The first-order valence-corrected chi connectivity index (χ1v) is 8.37. The maximum absolute atomic E-state index is 4.53. The normalized spacial score (nSPS) is 14.2. The van der Waals surface area contributed by atoms with Gasteiger partial charge in [0.05, 0.1) is 5.52 Å². The van der Waals surface area contributed by atoms with Gasteiger partial charge in [-0.2, -0.15) is 0 Å². The van der Waals surface area contributed by atoms with Crippen LogP contribution in [0.5, 0.6) is 0 Å². The van der Waals surface area contributed by atoms with Crippen molar-refractivity contribution in [2.45, 2.75) is 18.9 Å². The molecule has 116 valence electrons. The van der Waals surface area contributed by atoms with Crippen molar-refractivity contribution < 1.29 is 0 Å². The lowest BCUT2D eigenvalue weighted by atomic mass is 9.94. The standard InChI is InChI=1S/C21H17N3/c1-3-9-17-15(7-1)13-14-16-8-2-4-10-18(16)21(17)24-20-12-6-5-11-19(20)22-23-24/h1-12,21H,13-14H2. The van der Waals surface area contributed by atoms with E-state index in [-0.39, 0.29) is 6.04 Å². The second-order valence-electron chi connectivity index (χ2n) is 6.32. The number of para-hydroxylation sites is 1. The predicted octanol–water partition coefficient (Wildman–Crippen LogP) is 4.17. The van der Waals surface area contributed by atoms with Gasteiger partial charge in [0.1, 0.15) is 11.6 Å². The Hall–Kier alpha value is -2.94. The highest BCUT2D eigenvalue weighted by Crippen LogP contribution is 2.36. The zero-order valence-corrected chi connectivity index (χ0v) is 13.3. The molecule has 0 saturated carbocycles. The second kappa shape index (κ2) is 5.31. The van der Waals surface area contributed by atoms with Crippen LogP contribution in [0.2, 0.25) is 0 Å². The second-order valence-corrected chi connectivity index (χ2v) is 6.32. The monoisotopic (exact) mass is 311 g/mol. The van der Waals surface area contributed by atoms with E-state index in [1.807, 2.05) is 12.1 Å². The average Bonchev–Trinajstić information content (AvgIpc) is 2.98. The molecule has 3 aromatic carbocycles. The van der Waals surface area contributed by atoms with Gasteiger partial charge >= 0.3 is 0 Å². The van der Waals surface area contributed by atoms with Crippen molar-refractivity contribution >= 4 is 11.0 Å². The lowest BCUT2D eigenvalue weighted by Crippen LogP contribution is -2.15. The first-order chi connectivity index (χ1) is 11.9. The molecule has 3 heteroatoms. The van der Waals surface area contributed by atoms with Crippen LogP contribution in [0.1, 0.15) is 28.3 Å². The smallest absolute Gasteiger partial charge is 0.113 e. The fraction of sp³-hybridized carbons (Fsp3) is 0.143. The van der Waals surface area contributed by atoms with Crippen LogP contribution in [0, 0.1) is 0 Å². The molecule has 0 N–H and O–H groups in total. The third kappa shape index (κ3) is 1.98. The average molecular weight is 311 g/mol. The van der Waals surface area contributed by atoms with Crippen LogP contribution in [0.25, 0.3) is 11.0 Å². The lowest BCUT2D eigenvalue weighted by molar-refractivity contribution is 0.586. The van der Waals surface area contributed by atoms with Gasteiger partial charge in [-0.05, 0) is 47.2 Å². The number of hydrogen-bond donors (Lipinski definition) is 0. The molecule has 5 rings (SSSR count). The molecule has 0 bridgehead atoms. The number of nitrogens with zero attached hydrogens (tertiary/aromatic N) is 3. The highest BCUT2D eigenvalue weighted by molar-refractivity contribution is 5.74. The Morgan fingerprint density at radius 2 is 1.29 bits per heavy atom. The molecule has 24 heavy (non-hydrogen) atoms. The van der Waals surface area contributed by atoms with Gasteiger partial charge in [-0.3, -0.25) is 0 Å². The Morgan fingerprint density at radius 1 is 0.708 bits per heavy atom. The van der Waals surface area contributed by atoms with E-state index in [0.717, 1.165) is 23.9 Å². The zero-order valence-electron chi connectivity index (χ0n) is 13.3. The van der Waals surface area contributed by atoms with E-state index >= 15 is 0 Å². The fourth-order valence-electron chi connectivity index (χ4n) is 3.84. The van der Waals surface area contributed by atoms with Gasteiger partial charge in [0.2, 0.25) is 0 Å². The summed E-state index contributed by atoms with van der Waals surface area (Å²) in [7, 11) is 0. The van der Waals surface area contributed by atoms with E-state index in [9.17, 15) is 0 Å². The largest absolute Gasteiger partial charge is 0.233 e. The van der Waals surface area contributed by atoms with Gasteiger partial charge in [0, 0.05) is 0 Å². The molecule has 0 unspecified atom stereocenters. The molecule has 0 saturated heterocycles. The van der Waals surface area contributed by atoms with Gasteiger partial charge in [-0.25, -0.2) is 4.68 Å². The molecule has 0 aliphatic heterocycles. The minimum absolute atomic E-state index is 0.0762. The van der Waals surface area contributed by atoms with Crippen molar-refractivity contribution in [3.63, 3.8) is 0 Å². The van der Waals surface area contributed by atoms with E-state index in [1.54, 1.807) is 0 Å². The number of aryl methyl sites for hydroxylation is 2.